The van der Waals surface area contributed by atoms with Crippen molar-refractivity contribution >= 4 is 11.7 Å². The van der Waals surface area contributed by atoms with Crippen LogP contribution >= 0.6 is 0 Å². The molecule has 4 heteroatoms. The molecule has 21 heavy (non-hydrogen) atoms. The van der Waals surface area contributed by atoms with E-state index in [1.54, 1.807) is 18.2 Å². The van der Waals surface area contributed by atoms with Crippen LogP contribution in [0.4, 0.5) is 5.69 Å². The fraction of sp³-hybridized carbons (Fsp3) is 0.235. The summed E-state index contributed by atoms with van der Waals surface area (Å²) in [6.07, 6.45) is 1.01. The number of ether oxygens (including phenoxy) is 2. The van der Waals surface area contributed by atoms with Crippen LogP contribution in [0.1, 0.15) is 28.4 Å². The Hall–Kier alpha value is -2.49. The molecule has 0 aliphatic rings. The Morgan fingerprint density at radius 1 is 1.10 bits per heavy atom. The highest BCUT2D eigenvalue weighted by molar-refractivity contribution is 5.93. The molecular weight excluding hydrogens is 266 g/mol. The second-order valence-corrected chi connectivity index (χ2v) is 4.71. The molecule has 0 aromatic heterocycles. The molecule has 0 heterocycles. The Bertz CT molecular complexity index is 620. The van der Waals surface area contributed by atoms with Gasteiger partial charge in [0.1, 0.15) is 17.9 Å². The van der Waals surface area contributed by atoms with Crippen LogP contribution in [0, 0.1) is 0 Å². The van der Waals surface area contributed by atoms with Gasteiger partial charge in [-0.1, -0.05) is 31.2 Å². The quantitative estimate of drug-likeness (QED) is 0.677. The molecule has 0 fully saturated rings. The molecule has 2 N–H and O–H groups in total. The summed E-state index contributed by atoms with van der Waals surface area (Å²) in [6, 6.07) is 13.1. The molecule has 0 aliphatic carbocycles. The van der Waals surface area contributed by atoms with Crippen LogP contribution in [0.15, 0.2) is 42.5 Å². The Morgan fingerprint density at radius 2 is 1.76 bits per heavy atom. The smallest absolute Gasteiger partial charge is 0.341 e. The van der Waals surface area contributed by atoms with Crippen molar-refractivity contribution in [2.75, 3.05) is 12.8 Å². The van der Waals surface area contributed by atoms with Gasteiger partial charge in [0.05, 0.1) is 7.11 Å². The average molecular weight is 285 g/mol. The van der Waals surface area contributed by atoms with E-state index in [2.05, 4.69) is 19.1 Å². The number of benzene rings is 2. The van der Waals surface area contributed by atoms with E-state index in [9.17, 15) is 4.79 Å². The SMILES string of the molecule is CCc1ccc(COc2ccc(N)cc2C(=O)OC)cc1. The second kappa shape index (κ2) is 6.79. The number of carbonyl (C=O) groups is 1. The van der Waals surface area contributed by atoms with Gasteiger partial charge in [-0.15, -0.1) is 0 Å². The summed E-state index contributed by atoms with van der Waals surface area (Å²) in [6.45, 7) is 2.50. The number of hydrogen-bond donors (Lipinski definition) is 1. The zero-order chi connectivity index (χ0) is 15.2. The van der Waals surface area contributed by atoms with Crippen LogP contribution in [0.3, 0.4) is 0 Å². The number of aryl methyl sites for hydroxylation is 1. The minimum absolute atomic E-state index is 0.336. The van der Waals surface area contributed by atoms with Crippen molar-refractivity contribution in [1.82, 2.24) is 0 Å². The summed E-state index contributed by atoms with van der Waals surface area (Å²) in [5.74, 6) is 0.00856. The van der Waals surface area contributed by atoms with Gasteiger partial charge in [0.25, 0.3) is 0 Å². The first-order chi connectivity index (χ1) is 10.1. The zero-order valence-corrected chi connectivity index (χ0v) is 12.3. The third-order valence-corrected chi connectivity index (χ3v) is 3.23. The van der Waals surface area contributed by atoms with Crippen molar-refractivity contribution in [3.05, 3.63) is 59.2 Å². The molecule has 0 aliphatic heterocycles. The first kappa shape index (κ1) is 14.9. The number of carbonyl (C=O) groups excluding carboxylic acids is 1. The molecular formula is C17H19NO3. The zero-order valence-electron chi connectivity index (χ0n) is 12.3. The summed E-state index contributed by atoms with van der Waals surface area (Å²) < 4.78 is 10.5. The highest BCUT2D eigenvalue weighted by Gasteiger charge is 2.13. The van der Waals surface area contributed by atoms with Crippen molar-refractivity contribution in [2.45, 2.75) is 20.0 Å². The number of nitrogen functional groups attached to an aromatic ring is 1. The minimum atomic E-state index is -0.460. The first-order valence-corrected chi connectivity index (χ1v) is 6.82. The van der Waals surface area contributed by atoms with Crippen molar-refractivity contribution in [3.8, 4) is 5.75 Å². The highest BCUT2D eigenvalue weighted by Crippen LogP contribution is 2.23. The van der Waals surface area contributed by atoms with Crippen LogP contribution in [0.5, 0.6) is 5.75 Å². The fourth-order valence-electron chi connectivity index (χ4n) is 1.98. The summed E-state index contributed by atoms with van der Waals surface area (Å²) in [4.78, 5) is 11.7. The monoisotopic (exact) mass is 285 g/mol. The molecule has 4 nitrogen and oxygen atoms in total. The molecule has 0 unspecified atom stereocenters. The summed E-state index contributed by atoms with van der Waals surface area (Å²) in [5, 5.41) is 0. The van der Waals surface area contributed by atoms with Gasteiger partial charge in [0.15, 0.2) is 0 Å². The molecule has 0 atom stereocenters. The van der Waals surface area contributed by atoms with E-state index in [1.807, 2.05) is 12.1 Å². The molecule has 110 valence electrons. The number of rotatable bonds is 5. The van der Waals surface area contributed by atoms with Gasteiger partial charge in [-0.3, -0.25) is 0 Å². The van der Waals surface area contributed by atoms with E-state index in [-0.39, 0.29) is 0 Å². The van der Waals surface area contributed by atoms with E-state index >= 15 is 0 Å². The van der Waals surface area contributed by atoms with Gasteiger partial charge >= 0.3 is 5.97 Å². The number of nitrogens with two attached hydrogens (primary N) is 1. The highest BCUT2D eigenvalue weighted by atomic mass is 16.5. The number of methoxy groups -OCH3 is 1. The van der Waals surface area contributed by atoms with Crippen LogP contribution in [0.2, 0.25) is 0 Å². The van der Waals surface area contributed by atoms with E-state index in [1.165, 1.54) is 12.7 Å². The predicted molar refractivity (Wildman–Crippen MR) is 82.3 cm³/mol. The largest absolute Gasteiger partial charge is 0.488 e. The van der Waals surface area contributed by atoms with Crippen molar-refractivity contribution in [2.24, 2.45) is 0 Å². The number of esters is 1. The van der Waals surface area contributed by atoms with E-state index in [4.69, 9.17) is 15.2 Å². The van der Waals surface area contributed by atoms with E-state index in [0.29, 0.717) is 23.6 Å². The lowest BCUT2D eigenvalue weighted by Crippen LogP contribution is -2.06. The maximum Gasteiger partial charge on any atom is 0.341 e. The van der Waals surface area contributed by atoms with Crippen molar-refractivity contribution < 1.29 is 14.3 Å². The molecule has 0 saturated carbocycles. The number of hydrogen-bond acceptors (Lipinski definition) is 4. The molecule has 2 rings (SSSR count). The maximum atomic E-state index is 11.7. The lowest BCUT2D eigenvalue weighted by Gasteiger charge is -2.11. The van der Waals surface area contributed by atoms with Crippen LogP contribution in [-0.4, -0.2) is 13.1 Å². The predicted octanol–water partition coefficient (Wildman–Crippen LogP) is 3.20. The summed E-state index contributed by atoms with van der Waals surface area (Å²) in [7, 11) is 1.33. The van der Waals surface area contributed by atoms with Gasteiger partial charge in [0, 0.05) is 5.69 Å². The topological polar surface area (TPSA) is 61.5 Å². The minimum Gasteiger partial charge on any atom is -0.488 e. The molecule has 0 radical (unpaired) electrons. The third kappa shape index (κ3) is 3.75. The lowest BCUT2D eigenvalue weighted by atomic mass is 10.1. The van der Waals surface area contributed by atoms with Gasteiger partial charge in [0.2, 0.25) is 0 Å². The molecule has 0 amide bonds. The van der Waals surface area contributed by atoms with Gasteiger partial charge < -0.3 is 15.2 Å². The Morgan fingerprint density at radius 3 is 2.38 bits per heavy atom. The van der Waals surface area contributed by atoms with Gasteiger partial charge in [-0.05, 0) is 35.7 Å². The van der Waals surface area contributed by atoms with Crippen molar-refractivity contribution in [3.63, 3.8) is 0 Å². The third-order valence-electron chi connectivity index (χ3n) is 3.23. The maximum absolute atomic E-state index is 11.7. The normalized spacial score (nSPS) is 10.2. The lowest BCUT2D eigenvalue weighted by molar-refractivity contribution is 0.0595. The first-order valence-electron chi connectivity index (χ1n) is 6.82. The van der Waals surface area contributed by atoms with Gasteiger partial charge in [-0.25, -0.2) is 4.79 Å². The molecule has 0 saturated heterocycles. The molecule has 2 aromatic rings. The van der Waals surface area contributed by atoms with Crippen LogP contribution in [0.25, 0.3) is 0 Å². The second-order valence-electron chi connectivity index (χ2n) is 4.71. The summed E-state index contributed by atoms with van der Waals surface area (Å²) >= 11 is 0. The summed E-state index contributed by atoms with van der Waals surface area (Å²) in [5.41, 5.74) is 8.85. The Kier molecular flexibility index (Phi) is 4.82. The standard InChI is InChI=1S/C17H19NO3/c1-3-12-4-6-13(7-5-12)11-21-16-9-8-14(18)10-15(16)17(19)20-2/h4-10H,3,11,18H2,1-2H3. The van der Waals surface area contributed by atoms with E-state index in [0.717, 1.165) is 12.0 Å². The Balaban J connectivity index is 2.13. The number of anilines is 1. The molecule has 0 bridgehead atoms. The van der Waals surface area contributed by atoms with Crippen molar-refractivity contribution in [1.29, 1.82) is 0 Å². The average Bonchev–Trinajstić information content (AvgIpc) is 2.53. The fourth-order valence-corrected chi connectivity index (χ4v) is 1.98. The van der Waals surface area contributed by atoms with Gasteiger partial charge in [-0.2, -0.15) is 0 Å². The Labute approximate surface area is 124 Å². The van der Waals surface area contributed by atoms with E-state index < -0.39 is 5.97 Å². The molecule has 2 aromatic carbocycles. The van der Waals surface area contributed by atoms with Crippen LogP contribution < -0.4 is 10.5 Å². The molecule has 0 spiro atoms. The van der Waals surface area contributed by atoms with Crippen LogP contribution in [-0.2, 0) is 17.8 Å².